The lowest BCUT2D eigenvalue weighted by atomic mass is 10.0. The van der Waals surface area contributed by atoms with Crippen molar-refractivity contribution >= 4 is 28.8 Å². The predicted molar refractivity (Wildman–Crippen MR) is 162 cm³/mol. The summed E-state index contributed by atoms with van der Waals surface area (Å²) in [5.74, 6) is -0.224. The van der Waals surface area contributed by atoms with Crippen LogP contribution in [0.4, 0.5) is 21.5 Å². The zero-order valence-electron chi connectivity index (χ0n) is 21.1. The Morgan fingerprint density at radius 1 is 0.410 bits per heavy atom. The number of hydrogen-bond donors (Lipinski definition) is 0. The first-order valence-electron chi connectivity index (χ1n) is 13.0. The van der Waals surface area contributed by atoms with Gasteiger partial charge in [0.1, 0.15) is 5.82 Å². The Labute approximate surface area is 232 Å². The number of fused-ring (bicyclic) bond motifs is 2. The van der Waals surface area contributed by atoms with Gasteiger partial charge in [-0.05, 0) is 81.9 Å². The molecule has 1 aliphatic rings. The molecule has 1 heterocycles. The molecule has 0 aliphatic carbocycles. The van der Waals surface area contributed by atoms with Crippen molar-refractivity contribution in [1.29, 1.82) is 0 Å². The Balaban J connectivity index is 1.35. The zero-order chi connectivity index (χ0) is 26.2. The van der Waals surface area contributed by atoms with Gasteiger partial charge in [-0.1, -0.05) is 109 Å². The molecule has 1 aliphatic heterocycles. The fraction of sp³-hybridized carbons (Fsp3) is 0. The molecular weight excluding hydrogens is 497 g/mol. The minimum Gasteiger partial charge on any atom is -0.308 e. The summed E-state index contributed by atoms with van der Waals surface area (Å²) in [6.45, 7) is 0. The van der Waals surface area contributed by atoms with E-state index in [1.807, 2.05) is 24.3 Å². The summed E-state index contributed by atoms with van der Waals surface area (Å²) in [6.07, 6.45) is 0. The van der Waals surface area contributed by atoms with Crippen LogP contribution in [0, 0.1) is 5.82 Å². The molecular formula is C36H24FNS. The predicted octanol–water partition coefficient (Wildman–Crippen LogP) is 10.8. The molecule has 0 saturated carbocycles. The van der Waals surface area contributed by atoms with Gasteiger partial charge in [0, 0.05) is 15.5 Å². The summed E-state index contributed by atoms with van der Waals surface area (Å²) >= 11 is 1.79. The SMILES string of the molecule is Fc1ccc(-c2ccc3c(c2)Sc2cc(-c4ccccc4)ccc2N3c2ccc(-c3ccccc3)cc2)cc1. The maximum absolute atomic E-state index is 13.6. The van der Waals surface area contributed by atoms with E-state index in [0.717, 1.165) is 28.2 Å². The van der Waals surface area contributed by atoms with Crippen LogP contribution in [0.2, 0.25) is 0 Å². The second kappa shape index (κ2) is 9.94. The van der Waals surface area contributed by atoms with Crippen molar-refractivity contribution in [2.24, 2.45) is 0 Å². The van der Waals surface area contributed by atoms with E-state index in [1.165, 1.54) is 44.2 Å². The van der Waals surface area contributed by atoms with Crippen LogP contribution in [0.15, 0.2) is 155 Å². The second-order valence-corrected chi connectivity index (χ2v) is 10.7. The van der Waals surface area contributed by atoms with Crippen molar-refractivity contribution in [3.8, 4) is 33.4 Å². The molecule has 0 radical (unpaired) electrons. The van der Waals surface area contributed by atoms with E-state index in [2.05, 4.69) is 114 Å². The van der Waals surface area contributed by atoms with E-state index < -0.39 is 0 Å². The first kappa shape index (κ1) is 23.5. The standard InChI is InChI=1S/C36H24FNS/c37-31-17-11-28(12-18-31)30-16-22-34-36(24-30)39-35-23-29(26-9-5-2-6-10-26)15-21-33(35)38(34)32-19-13-27(14-20-32)25-7-3-1-4-8-25/h1-24H. The Kier molecular flexibility index (Phi) is 5.99. The molecule has 0 unspecified atom stereocenters. The normalized spacial score (nSPS) is 12.1. The maximum Gasteiger partial charge on any atom is 0.123 e. The van der Waals surface area contributed by atoms with Crippen LogP contribution in [-0.2, 0) is 0 Å². The van der Waals surface area contributed by atoms with Crippen molar-refractivity contribution in [1.82, 2.24) is 0 Å². The Morgan fingerprint density at radius 3 is 1.36 bits per heavy atom. The lowest BCUT2D eigenvalue weighted by Crippen LogP contribution is -2.15. The van der Waals surface area contributed by atoms with Gasteiger partial charge >= 0.3 is 0 Å². The smallest absolute Gasteiger partial charge is 0.123 e. The topological polar surface area (TPSA) is 3.24 Å². The largest absolute Gasteiger partial charge is 0.308 e. The molecule has 0 N–H and O–H groups in total. The van der Waals surface area contributed by atoms with E-state index in [9.17, 15) is 4.39 Å². The average molecular weight is 522 g/mol. The monoisotopic (exact) mass is 521 g/mol. The van der Waals surface area contributed by atoms with Gasteiger partial charge < -0.3 is 4.90 Å². The average Bonchev–Trinajstić information content (AvgIpc) is 3.01. The molecule has 6 aromatic rings. The lowest BCUT2D eigenvalue weighted by Gasteiger charge is -2.33. The van der Waals surface area contributed by atoms with Gasteiger partial charge in [-0.2, -0.15) is 0 Å². The zero-order valence-corrected chi connectivity index (χ0v) is 21.9. The molecule has 186 valence electrons. The molecule has 6 aromatic carbocycles. The van der Waals surface area contributed by atoms with Gasteiger partial charge in [0.2, 0.25) is 0 Å². The number of nitrogens with zero attached hydrogens (tertiary/aromatic N) is 1. The molecule has 1 nitrogen and oxygen atoms in total. The summed E-state index contributed by atoms with van der Waals surface area (Å²) in [7, 11) is 0. The van der Waals surface area contributed by atoms with Crippen LogP contribution in [0.1, 0.15) is 0 Å². The molecule has 0 atom stereocenters. The van der Waals surface area contributed by atoms with Gasteiger partial charge in [-0.15, -0.1) is 0 Å². The highest BCUT2D eigenvalue weighted by Gasteiger charge is 2.26. The van der Waals surface area contributed by atoms with Gasteiger partial charge in [0.15, 0.2) is 0 Å². The molecule has 0 amide bonds. The molecule has 0 spiro atoms. The van der Waals surface area contributed by atoms with Crippen LogP contribution in [0.5, 0.6) is 0 Å². The first-order valence-corrected chi connectivity index (χ1v) is 13.8. The van der Waals surface area contributed by atoms with Crippen LogP contribution in [0.3, 0.4) is 0 Å². The molecule has 3 heteroatoms. The molecule has 0 fully saturated rings. The van der Waals surface area contributed by atoms with Gasteiger partial charge in [0.05, 0.1) is 11.4 Å². The number of hydrogen-bond acceptors (Lipinski definition) is 2. The van der Waals surface area contributed by atoms with Crippen molar-refractivity contribution in [3.05, 3.63) is 151 Å². The van der Waals surface area contributed by atoms with Crippen LogP contribution >= 0.6 is 11.8 Å². The molecule has 0 saturated heterocycles. The highest BCUT2D eigenvalue weighted by molar-refractivity contribution is 7.99. The number of rotatable bonds is 4. The van der Waals surface area contributed by atoms with Crippen molar-refractivity contribution in [3.63, 3.8) is 0 Å². The Morgan fingerprint density at radius 2 is 0.821 bits per heavy atom. The van der Waals surface area contributed by atoms with E-state index in [1.54, 1.807) is 11.8 Å². The summed E-state index contributed by atoms with van der Waals surface area (Å²) in [5.41, 5.74) is 10.3. The minimum absolute atomic E-state index is 0.224. The van der Waals surface area contributed by atoms with Crippen LogP contribution < -0.4 is 4.90 Å². The molecule has 0 aromatic heterocycles. The fourth-order valence-corrected chi connectivity index (χ4v) is 6.29. The maximum atomic E-state index is 13.6. The lowest BCUT2D eigenvalue weighted by molar-refractivity contribution is 0.628. The van der Waals surface area contributed by atoms with Gasteiger partial charge in [-0.25, -0.2) is 4.39 Å². The Hall–Kier alpha value is -4.60. The summed E-state index contributed by atoms with van der Waals surface area (Å²) in [6, 6.07) is 49.7. The Bertz CT molecular complexity index is 1760. The van der Waals surface area contributed by atoms with Gasteiger partial charge in [-0.3, -0.25) is 0 Å². The molecule has 0 bridgehead atoms. The van der Waals surface area contributed by atoms with E-state index >= 15 is 0 Å². The molecule has 39 heavy (non-hydrogen) atoms. The van der Waals surface area contributed by atoms with Crippen LogP contribution in [0.25, 0.3) is 33.4 Å². The quantitative estimate of drug-likeness (QED) is 0.227. The van der Waals surface area contributed by atoms with E-state index in [4.69, 9.17) is 0 Å². The molecule has 7 rings (SSSR count). The highest BCUT2D eigenvalue weighted by atomic mass is 32.2. The summed E-state index contributed by atoms with van der Waals surface area (Å²) < 4.78 is 13.6. The summed E-state index contributed by atoms with van der Waals surface area (Å²) in [4.78, 5) is 4.72. The summed E-state index contributed by atoms with van der Waals surface area (Å²) in [5, 5.41) is 0. The third-order valence-corrected chi connectivity index (χ3v) is 8.23. The third kappa shape index (κ3) is 4.52. The van der Waals surface area contributed by atoms with E-state index in [0.29, 0.717) is 0 Å². The minimum atomic E-state index is -0.224. The highest BCUT2D eigenvalue weighted by Crippen LogP contribution is 2.53. The van der Waals surface area contributed by atoms with Crippen LogP contribution in [-0.4, -0.2) is 0 Å². The van der Waals surface area contributed by atoms with Gasteiger partial charge in [0.25, 0.3) is 0 Å². The third-order valence-electron chi connectivity index (χ3n) is 7.14. The number of benzene rings is 6. The van der Waals surface area contributed by atoms with Crippen molar-refractivity contribution in [2.75, 3.05) is 4.90 Å². The van der Waals surface area contributed by atoms with E-state index in [-0.39, 0.29) is 5.82 Å². The van der Waals surface area contributed by atoms with Crippen molar-refractivity contribution < 1.29 is 4.39 Å². The fourth-order valence-electron chi connectivity index (χ4n) is 5.15. The second-order valence-electron chi connectivity index (χ2n) is 9.59. The number of halogens is 1. The number of anilines is 3. The first-order chi connectivity index (χ1) is 19.2. The van der Waals surface area contributed by atoms with Crippen molar-refractivity contribution in [2.45, 2.75) is 9.79 Å².